The second-order valence-corrected chi connectivity index (χ2v) is 6.33. The van der Waals surface area contributed by atoms with E-state index in [1.807, 2.05) is 16.8 Å². The molecule has 0 aliphatic heterocycles. The molecule has 23 heavy (non-hydrogen) atoms. The van der Waals surface area contributed by atoms with Crippen molar-refractivity contribution in [3.63, 3.8) is 0 Å². The first-order valence-electron chi connectivity index (χ1n) is 6.61. The Bertz CT molecular complexity index is 816. The fourth-order valence-electron chi connectivity index (χ4n) is 2.05. The van der Waals surface area contributed by atoms with Gasteiger partial charge >= 0.3 is 5.00 Å². The largest absolute Gasteiger partial charge is 0.324 e. The number of anilines is 1. The van der Waals surface area contributed by atoms with Gasteiger partial charge in [0.05, 0.1) is 28.9 Å². The second-order valence-electron chi connectivity index (χ2n) is 4.66. The molecule has 3 aromatic heterocycles. The molecule has 1 amide bonds. The van der Waals surface area contributed by atoms with E-state index in [9.17, 15) is 14.9 Å². The van der Waals surface area contributed by atoms with Crippen LogP contribution in [0.1, 0.15) is 15.9 Å². The Balaban J connectivity index is 1.93. The number of amides is 1. The first-order valence-corrected chi connectivity index (χ1v) is 8.43. The van der Waals surface area contributed by atoms with Crippen LogP contribution in [-0.4, -0.2) is 15.8 Å². The molecule has 0 saturated heterocycles. The minimum Gasteiger partial charge on any atom is -0.302 e. The monoisotopic (exact) mass is 345 g/mol. The van der Waals surface area contributed by atoms with Crippen LogP contribution in [0.25, 0.3) is 0 Å². The van der Waals surface area contributed by atoms with Crippen LogP contribution in [0.2, 0.25) is 0 Å². The molecule has 6 nitrogen and oxygen atoms in total. The van der Waals surface area contributed by atoms with Crippen LogP contribution in [0.3, 0.4) is 0 Å². The molecule has 3 heterocycles. The van der Waals surface area contributed by atoms with Crippen LogP contribution < -0.4 is 4.90 Å². The van der Waals surface area contributed by atoms with Gasteiger partial charge < -0.3 is 4.90 Å². The molecule has 0 N–H and O–H groups in total. The van der Waals surface area contributed by atoms with E-state index in [0.29, 0.717) is 17.8 Å². The zero-order valence-corrected chi connectivity index (χ0v) is 13.4. The number of hydrogen-bond acceptors (Lipinski definition) is 6. The molecule has 3 rings (SSSR count). The lowest BCUT2D eigenvalue weighted by Gasteiger charge is -2.21. The summed E-state index contributed by atoms with van der Waals surface area (Å²) in [4.78, 5) is 28.7. The Hall–Kier alpha value is -2.58. The third kappa shape index (κ3) is 3.43. The van der Waals surface area contributed by atoms with Crippen molar-refractivity contribution in [2.24, 2.45) is 0 Å². The maximum Gasteiger partial charge on any atom is 0.324 e. The summed E-state index contributed by atoms with van der Waals surface area (Å²) in [5.74, 6) is -0.284. The number of aromatic nitrogens is 1. The highest BCUT2D eigenvalue weighted by Gasteiger charge is 2.22. The van der Waals surface area contributed by atoms with Gasteiger partial charge in [-0.15, -0.1) is 0 Å². The van der Waals surface area contributed by atoms with Crippen molar-refractivity contribution < 1.29 is 9.72 Å². The highest BCUT2D eigenvalue weighted by molar-refractivity contribution is 7.13. The molecule has 0 aliphatic carbocycles. The van der Waals surface area contributed by atoms with E-state index in [0.717, 1.165) is 16.9 Å². The fourth-order valence-corrected chi connectivity index (χ4v) is 3.41. The van der Waals surface area contributed by atoms with Crippen molar-refractivity contribution in [2.45, 2.75) is 6.54 Å². The van der Waals surface area contributed by atoms with Crippen molar-refractivity contribution >= 4 is 39.3 Å². The number of thiophene rings is 2. The number of rotatable bonds is 5. The maximum atomic E-state index is 12.8. The van der Waals surface area contributed by atoms with Crippen molar-refractivity contribution in [2.75, 3.05) is 4.90 Å². The predicted octanol–water partition coefficient (Wildman–Crippen LogP) is 3.96. The number of nitrogens with zero attached hydrogens (tertiary/aromatic N) is 3. The molecule has 8 heteroatoms. The average molecular weight is 345 g/mol. The van der Waals surface area contributed by atoms with Gasteiger partial charge in [-0.05, 0) is 34.5 Å². The lowest BCUT2D eigenvalue weighted by molar-refractivity contribution is -0.380. The van der Waals surface area contributed by atoms with Crippen LogP contribution in [0.15, 0.2) is 52.8 Å². The Morgan fingerprint density at radius 1 is 1.35 bits per heavy atom. The third-order valence-corrected chi connectivity index (χ3v) is 4.75. The van der Waals surface area contributed by atoms with Gasteiger partial charge in [-0.1, -0.05) is 11.3 Å². The minimum atomic E-state index is -0.491. The summed E-state index contributed by atoms with van der Waals surface area (Å²) in [6, 6.07) is 6.79. The molecule has 0 unspecified atom stereocenters. The average Bonchev–Trinajstić information content (AvgIpc) is 3.24. The first kappa shape index (κ1) is 15.3. The number of nitro groups is 1. The molecule has 3 aromatic rings. The summed E-state index contributed by atoms with van der Waals surface area (Å²) in [5.41, 5.74) is 1.95. The van der Waals surface area contributed by atoms with Crippen LogP contribution in [-0.2, 0) is 6.54 Å². The Morgan fingerprint density at radius 2 is 2.22 bits per heavy atom. The lowest BCUT2D eigenvalue weighted by Crippen LogP contribution is -2.30. The second kappa shape index (κ2) is 6.67. The third-order valence-electron chi connectivity index (χ3n) is 3.14. The van der Waals surface area contributed by atoms with Gasteiger partial charge in [-0.25, -0.2) is 0 Å². The Labute approximate surface area is 139 Å². The van der Waals surface area contributed by atoms with Crippen LogP contribution in [0.4, 0.5) is 10.7 Å². The van der Waals surface area contributed by atoms with E-state index in [4.69, 9.17) is 0 Å². The van der Waals surface area contributed by atoms with Gasteiger partial charge in [-0.3, -0.25) is 19.9 Å². The molecule has 0 fully saturated rings. The zero-order valence-electron chi connectivity index (χ0n) is 11.8. The van der Waals surface area contributed by atoms with E-state index in [2.05, 4.69) is 4.98 Å². The van der Waals surface area contributed by atoms with Gasteiger partial charge in [0.1, 0.15) is 0 Å². The van der Waals surface area contributed by atoms with Gasteiger partial charge in [0.2, 0.25) is 0 Å². The SMILES string of the molecule is O=C(c1csc([N+](=O)[O-])c1)N(Cc1ccsc1)c1cccnc1. The zero-order chi connectivity index (χ0) is 16.2. The summed E-state index contributed by atoms with van der Waals surface area (Å²) in [6.07, 6.45) is 3.23. The molecule has 0 radical (unpaired) electrons. The van der Waals surface area contributed by atoms with Crippen LogP contribution in [0.5, 0.6) is 0 Å². The Kier molecular flexibility index (Phi) is 4.45. The maximum absolute atomic E-state index is 12.8. The van der Waals surface area contributed by atoms with E-state index in [1.165, 1.54) is 11.4 Å². The predicted molar refractivity (Wildman–Crippen MR) is 90.0 cm³/mol. The normalized spacial score (nSPS) is 10.4. The molecule has 0 atom stereocenters. The van der Waals surface area contributed by atoms with Gasteiger partial charge in [0.15, 0.2) is 0 Å². The van der Waals surface area contributed by atoms with Gasteiger partial charge in [0, 0.05) is 17.6 Å². The van der Waals surface area contributed by atoms with Gasteiger partial charge in [-0.2, -0.15) is 11.3 Å². The lowest BCUT2D eigenvalue weighted by atomic mass is 10.2. The van der Waals surface area contributed by atoms with Crippen molar-refractivity contribution in [3.05, 3.63) is 74.0 Å². The first-order chi connectivity index (χ1) is 11.1. The number of carbonyl (C=O) groups excluding carboxylic acids is 1. The van der Waals surface area contributed by atoms with Crippen molar-refractivity contribution in [1.82, 2.24) is 4.98 Å². The molecule has 0 aliphatic rings. The topological polar surface area (TPSA) is 76.3 Å². The van der Waals surface area contributed by atoms with Gasteiger partial charge in [0.25, 0.3) is 5.91 Å². The smallest absolute Gasteiger partial charge is 0.302 e. The molecular formula is C15H11N3O3S2. The van der Waals surface area contributed by atoms with Crippen molar-refractivity contribution in [3.8, 4) is 0 Å². The van der Waals surface area contributed by atoms with Crippen LogP contribution >= 0.6 is 22.7 Å². The van der Waals surface area contributed by atoms with E-state index in [-0.39, 0.29) is 10.9 Å². The summed E-state index contributed by atoms with van der Waals surface area (Å²) >= 11 is 2.50. The number of carbonyl (C=O) groups is 1. The molecule has 0 aromatic carbocycles. The summed E-state index contributed by atoms with van der Waals surface area (Å²) in [7, 11) is 0. The molecule has 0 spiro atoms. The minimum absolute atomic E-state index is 0.0463. The highest BCUT2D eigenvalue weighted by Crippen LogP contribution is 2.26. The Morgan fingerprint density at radius 3 is 2.83 bits per heavy atom. The standard InChI is InChI=1S/C15H11N3O3S2/c19-15(12-6-14(18(20)21)23-10-12)17(8-11-3-5-22-9-11)13-2-1-4-16-7-13/h1-7,9-10H,8H2. The quantitative estimate of drug-likeness (QED) is 0.518. The molecule has 0 bridgehead atoms. The van der Waals surface area contributed by atoms with E-state index >= 15 is 0 Å². The number of pyridine rings is 1. The van der Waals surface area contributed by atoms with Crippen molar-refractivity contribution in [1.29, 1.82) is 0 Å². The summed E-state index contributed by atoms with van der Waals surface area (Å²) in [6.45, 7) is 0.387. The highest BCUT2D eigenvalue weighted by atomic mass is 32.1. The molecule has 0 saturated carbocycles. The van der Waals surface area contributed by atoms with Crippen LogP contribution in [0, 0.1) is 10.1 Å². The molecule has 116 valence electrons. The van der Waals surface area contributed by atoms with E-state index < -0.39 is 4.92 Å². The number of hydrogen-bond donors (Lipinski definition) is 0. The molecular weight excluding hydrogens is 334 g/mol. The van der Waals surface area contributed by atoms with E-state index in [1.54, 1.807) is 40.8 Å². The fraction of sp³-hybridized carbons (Fsp3) is 0.0667. The summed E-state index contributed by atoms with van der Waals surface area (Å²) < 4.78 is 0. The summed E-state index contributed by atoms with van der Waals surface area (Å²) in [5, 5.41) is 16.2.